The van der Waals surface area contributed by atoms with Gasteiger partial charge in [-0.25, -0.2) is 4.79 Å². The van der Waals surface area contributed by atoms with Gasteiger partial charge in [0, 0.05) is 17.2 Å². The fourth-order valence-corrected chi connectivity index (χ4v) is 3.16. The van der Waals surface area contributed by atoms with E-state index in [4.69, 9.17) is 9.15 Å². The number of carbonyl (C=O) groups is 2. The summed E-state index contributed by atoms with van der Waals surface area (Å²) >= 11 is 0. The van der Waals surface area contributed by atoms with Crippen molar-refractivity contribution in [3.8, 4) is 11.3 Å². The second kappa shape index (κ2) is 7.54. The number of hydrogen-bond donors (Lipinski definition) is 1. The van der Waals surface area contributed by atoms with Gasteiger partial charge in [-0.15, -0.1) is 0 Å². The SMILES string of the molecule is Cc1c(-c2ccccc2)oc2c(C(=O)OC(C)C(=O)NC3CC3)cccc2c1=O. The van der Waals surface area contributed by atoms with E-state index in [0.717, 1.165) is 18.4 Å². The number of rotatable bonds is 5. The van der Waals surface area contributed by atoms with Crippen LogP contribution in [0.5, 0.6) is 0 Å². The lowest BCUT2D eigenvalue weighted by atomic mass is 10.0. The lowest BCUT2D eigenvalue weighted by Crippen LogP contribution is -2.37. The summed E-state index contributed by atoms with van der Waals surface area (Å²) in [5, 5.41) is 3.10. The van der Waals surface area contributed by atoms with Crippen molar-refractivity contribution in [2.24, 2.45) is 0 Å². The Morgan fingerprint density at radius 3 is 2.52 bits per heavy atom. The zero-order chi connectivity index (χ0) is 20.5. The van der Waals surface area contributed by atoms with Crippen molar-refractivity contribution in [2.75, 3.05) is 0 Å². The molecule has 1 aromatic heterocycles. The van der Waals surface area contributed by atoms with Crippen LogP contribution in [0.4, 0.5) is 0 Å². The van der Waals surface area contributed by atoms with Gasteiger partial charge in [-0.05, 0) is 38.8 Å². The molecule has 2 aromatic carbocycles. The van der Waals surface area contributed by atoms with Crippen molar-refractivity contribution in [1.82, 2.24) is 5.32 Å². The third kappa shape index (κ3) is 3.78. The minimum Gasteiger partial charge on any atom is -0.455 e. The van der Waals surface area contributed by atoms with Gasteiger partial charge in [-0.1, -0.05) is 36.4 Å². The minimum atomic E-state index is -0.941. The van der Waals surface area contributed by atoms with Crippen molar-refractivity contribution in [2.45, 2.75) is 38.8 Å². The maximum atomic E-state index is 12.9. The highest BCUT2D eigenvalue weighted by Gasteiger charge is 2.28. The highest BCUT2D eigenvalue weighted by atomic mass is 16.5. The van der Waals surface area contributed by atoms with Crippen LogP contribution in [0, 0.1) is 6.92 Å². The average Bonchev–Trinajstić information content (AvgIpc) is 3.54. The molecule has 1 saturated carbocycles. The van der Waals surface area contributed by atoms with E-state index in [0.29, 0.717) is 16.7 Å². The summed E-state index contributed by atoms with van der Waals surface area (Å²) in [6.07, 6.45) is 0.953. The van der Waals surface area contributed by atoms with Gasteiger partial charge in [-0.3, -0.25) is 9.59 Å². The van der Waals surface area contributed by atoms with Crippen LogP contribution in [0.1, 0.15) is 35.7 Å². The fraction of sp³-hybridized carbons (Fsp3) is 0.261. The van der Waals surface area contributed by atoms with Gasteiger partial charge in [0.25, 0.3) is 5.91 Å². The number of nitrogens with one attached hydrogen (secondary N) is 1. The molecule has 0 saturated heterocycles. The van der Waals surface area contributed by atoms with Crippen LogP contribution in [0.2, 0.25) is 0 Å². The highest BCUT2D eigenvalue weighted by molar-refractivity contribution is 6.03. The van der Waals surface area contributed by atoms with Crippen molar-refractivity contribution < 1.29 is 18.7 Å². The predicted octanol–water partition coefficient (Wildman–Crippen LogP) is 3.59. The molecule has 1 atom stereocenters. The monoisotopic (exact) mass is 391 g/mol. The van der Waals surface area contributed by atoms with Gasteiger partial charge >= 0.3 is 5.97 Å². The topological polar surface area (TPSA) is 85.6 Å². The van der Waals surface area contributed by atoms with Gasteiger partial charge in [0.05, 0.1) is 5.39 Å². The summed E-state index contributed by atoms with van der Waals surface area (Å²) in [6, 6.07) is 14.2. The van der Waals surface area contributed by atoms with E-state index in [1.165, 1.54) is 13.0 Å². The van der Waals surface area contributed by atoms with Gasteiger partial charge in [0.1, 0.15) is 11.3 Å². The number of amides is 1. The summed E-state index contributed by atoms with van der Waals surface area (Å²) in [6.45, 7) is 3.22. The van der Waals surface area contributed by atoms with E-state index in [1.54, 1.807) is 19.1 Å². The van der Waals surface area contributed by atoms with Crippen LogP contribution in [-0.2, 0) is 9.53 Å². The second-order valence-electron chi connectivity index (χ2n) is 7.26. The van der Waals surface area contributed by atoms with Gasteiger partial charge in [0.15, 0.2) is 17.1 Å². The molecule has 0 bridgehead atoms. The van der Waals surface area contributed by atoms with Crippen LogP contribution in [0.3, 0.4) is 0 Å². The van der Waals surface area contributed by atoms with E-state index in [9.17, 15) is 14.4 Å². The van der Waals surface area contributed by atoms with E-state index in [1.807, 2.05) is 30.3 Å². The Morgan fingerprint density at radius 1 is 1.10 bits per heavy atom. The van der Waals surface area contributed by atoms with Crippen molar-refractivity contribution in [3.05, 3.63) is 69.9 Å². The lowest BCUT2D eigenvalue weighted by Gasteiger charge is -2.14. The Kier molecular flexibility index (Phi) is 4.92. The normalized spacial score (nSPS) is 14.4. The quantitative estimate of drug-likeness (QED) is 0.672. The summed E-state index contributed by atoms with van der Waals surface area (Å²) in [5.74, 6) is -0.633. The molecule has 0 spiro atoms. The Labute approximate surface area is 167 Å². The molecule has 1 aliphatic rings. The van der Waals surface area contributed by atoms with E-state index < -0.39 is 12.1 Å². The standard InChI is InChI=1S/C23H21NO5/c1-13-19(25)17-9-6-10-18(21(17)29-20(13)15-7-4-3-5-8-15)23(27)28-14(2)22(26)24-16-11-12-16/h3-10,14,16H,11-12H2,1-2H3,(H,24,26). The molecule has 1 heterocycles. The molecular formula is C23H21NO5. The van der Waals surface area contributed by atoms with Gasteiger partial charge in [-0.2, -0.15) is 0 Å². The third-order valence-electron chi connectivity index (χ3n) is 4.98. The summed E-state index contributed by atoms with van der Waals surface area (Å²) in [7, 11) is 0. The first-order valence-corrected chi connectivity index (χ1v) is 9.59. The molecule has 4 rings (SSSR count). The predicted molar refractivity (Wildman–Crippen MR) is 109 cm³/mol. The Balaban J connectivity index is 1.72. The molecule has 1 fully saturated rings. The van der Waals surface area contributed by atoms with Crippen LogP contribution >= 0.6 is 0 Å². The number of ether oxygens (including phenoxy) is 1. The molecule has 3 aromatic rings. The molecule has 6 nitrogen and oxygen atoms in total. The van der Waals surface area contributed by atoms with Crippen molar-refractivity contribution >= 4 is 22.8 Å². The van der Waals surface area contributed by atoms with Gasteiger partial charge in [0.2, 0.25) is 0 Å². The smallest absolute Gasteiger partial charge is 0.342 e. The number of carbonyl (C=O) groups excluding carboxylic acids is 2. The van der Waals surface area contributed by atoms with Crippen LogP contribution < -0.4 is 10.7 Å². The molecule has 1 N–H and O–H groups in total. The van der Waals surface area contributed by atoms with E-state index >= 15 is 0 Å². The number of benzene rings is 2. The molecule has 1 amide bonds. The van der Waals surface area contributed by atoms with Crippen LogP contribution in [0.25, 0.3) is 22.3 Å². The maximum absolute atomic E-state index is 12.9. The molecule has 0 aliphatic heterocycles. The number of para-hydroxylation sites is 1. The fourth-order valence-electron chi connectivity index (χ4n) is 3.16. The molecule has 1 aliphatic carbocycles. The average molecular weight is 391 g/mol. The van der Waals surface area contributed by atoms with Crippen LogP contribution in [0.15, 0.2) is 57.7 Å². The minimum absolute atomic E-state index is 0.114. The Morgan fingerprint density at radius 2 is 1.83 bits per heavy atom. The number of hydrogen-bond acceptors (Lipinski definition) is 5. The molecule has 0 radical (unpaired) electrons. The molecule has 29 heavy (non-hydrogen) atoms. The van der Waals surface area contributed by atoms with E-state index in [2.05, 4.69) is 5.32 Å². The first-order valence-electron chi connectivity index (χ1n) is 9.59. The highest BCUT2D eigenvalue weighted by Crippen LogP contribution is 2.27. The second-order valence-corrected chi connectivity index (χ2v) is 7.26. The first kappa shape index (κ1) is 18.9. The summed E-state index contributed by atoms with van der Waals surface area (Å²) in [4.78, 5) is 37.7. The van der Waals surface area contributed by atoms with Gasteiger partial charge < -0.3 is 14.5 Å². The molecular weight excluding hydrogens is 370 g/mol. The maximum Gasteiger partial charge on any atom is 0.342 e. The molecule has 6 heteroatoms. The van der Waals surface area contributed by atoms with E-state index in [-0.39, 0.29) is 28.5 Å². The summed E-state index contributed by atoms with van der Waals surface area (Å²) in [5.41, 5.74) is 1.26. The lowest BCUT2D eigenvalue weighted by molar-refractivity contribution is -0.129. The van der Waals surface area contributed by atoms with Crippen LogP contribution in [-0.4, -0.2) is 24.0 Å². The molecule has 1 unspecified atom stereocenters. The van der Waals surface area contributed by atoms with Crippen molar-refractivity contribution in [1.29, 1.82) is 0 Å². The zero-order valence-corrected chi connectivity index (χ0v) is 16.2. The number of fused-ring (bicyclic) bond motifs is 1. The Hall–Kier alpha value is -3.41. The van der Waals surface area contributed by atoms with Crippen molar-refractivity contribution in [3.63, 3.8) is 0 Å². The largest absolute Gasteiger partial charge is 0.455 e. The summed E-state index contributed by atoms with van der Waals surface area (Å²) < 4.78 is 11.4. The molecule has 148 valence electrons. The zero-order valence-electron chi connectivity index (χ0n) is 16.2. The Bertz CT molecular complexity index is 1150. The third-order valence-corrected chi connectivity index (χ3v) is 4.98. The number of esters is 1. The first-order chi connectivity index (χ1) is 14.0.